The molecule has 0 spiro atoms. The molecule has 5 N–H and O–H groups in total. The van der Waals surface area contributed by atoms with Crippen molar-refractivity contribution in [2.75, 3.05) is 6.54 Å². The van der Waals surface area contributed by atoms with Crippen LogP contribution in [0.1, 0.15) is 40.0 Å². The molecule has 150 valence electrons. The van der Waals surface area contributed by atoms with Crippen molar-refractivity contribution in [2.45, 2.75) is 52.3 Å². The van der Waals surface area contributed by atoms with Gasteiger partial charge in [0.1, 0.15) is 6.04 Å². The van der Waals surface area contributed by atoms with E-state index in [4.69, 9.17) is 21.4 Å². The van der Waals surface area contributed by atoms with Gasteiger partial charge in [0, 0.05) is 13.0 Å². The molecule has 2 atom stereocenters. The highest BCUT2D eigenvalue weighted by Gasteiger charge is 2.47. The predicted molar refractivity (Wildman–Crippen MR) is 84.4 cm³/mol. The van der Waals surface area contributed by atoms with Gasteiger partial charge in [0.25, 0.3) is 0 Å². The van der Waals surface area contributed by atoms with Gasteiger partial charge in [-0.2, -0.15) is 13.2 Å². The third-order valence-corrected chi connectivity index (χ3v) is 3.89. The molecule has 0 aliphatic carbocycles. The van der Waals surface area contributed by atoms with Crippen LogP contribution in [0.2, 0.25) is 0 Å². The van der Waals surface area contributed by atoms with Gasteiger partial charge < -0.3 is 21.5 Å². The second-order valence-corrected chi connectivity index (χ2v) is 6.80. The molecule has 26 heavy (non-hydrogen) atoms. The van der Waals surface area contributed by atoms with Crippen LogP contribution in [0, 0.1) is 11.3 Å². The van der Waals surface area contributed by atoms with Crippen LogP contribution in [-0.4, -0.2) is 52.5 Å². The smallest absolute Gasteiger partial charge is 0.475 e. The largest absolute Gasteiger partial charge is 0.490 e. The number of carbonyl (C=O) groups is 4. The first-order valence-corrected chi connectivity index (χ1v) is 7.80. The van der Waals surface area contributed by atoms with Gasteiger partial charge in [0.2, 0.25) is 17.7 Å². The summed E-state index contributed by atoms with van der Waals surface area (Å²) in [7, 11) is 0. The van der Waals surface area contributed by atoms with Gasteiger partial charge in [-0.3, -0.25) is 14.4 Å². The van der Waals surface area contributed by atoms with Crippen LogP contribution in [0.3, 0.4) is 0 Å². The van der Waals surface area contributed by atoms with E-state index in [0.717, 1.165) is 0 Å². The van der Waals surface area contributed by atoms with Crippen LogP contribution in [0.5, 0.6) is 0 Å². The van der Waals surface area contributed by atoms with E-state index in [2.05, 4.69) is 0 Å². The number of nitrogens with zero attached hydrogens (tertiary/aromatic N) is 1. The Balaban J connectivity index is 0.000000758. The van der Waals surface area contributed by atoms with Crippen LogP contribution in [0.25, 0.3) is 0 Å². The van der Waals surface area contributed by atoms with Crippen molar-refractivity contribution in [2.24, 2.45) is 22.8 Å². The first kappa shape index (κ1) is 23.7. The van der Waals surface area contributed by atoms with Crippen LogP contribution in [0.4, 0.5) is 13.2 Å². The number of hydrogen-bond donors (Lipinski definition) is 3. The Morgan fingerprint density at radius 3 is 2.04 bits per heavy atom. The van der Waals surface area contributed by atoms with Crippen LogP contribution in [0.15, 0.2) is 0 Å². The fraction of sp³-hybridized carbons (Fsp3) is 0.733. The van der Waals surface area contributed by atoms with Gasteiger partial charge >= 0.3 is 12.1 Å². The molecule has 0 radical (unpaired) electrons. The number of rotatable bonds is 6. The van der Waals surface area contributed by atoms with E-state index >= 15 is 0 Å². The number of aliphatic carboxylic acids is 1. The number of nitrogens with two attached hydrogens (primary N) is 2. The van der Waals surface area contributed by atoms with Gasteiger partial charge in [-0.25, -0.2) is 4.79 Å². The van der Waals surface area contributed by atoms with E-state index in [-0.39, 0.29) is 18.2 Å². The molecule has 1 heterocycles. The number of carbonyl (C=O) groups excluding carboxylic acids is 3. The van der Waals surface area contributed by atoms with Crippen LogP contribution >= 0.6 is 0 Å². The highest BCUT2D eigenvalue weighted by atomic mass is 19.4. The van der Waals surface area contributed by atoms with Crippen LogP contribution in [-0.2, 0) is 19.2 Å². The Bertz CT molecular complexity index is 565. The van der Waals surface area contributed by atoms with Crippen molar-refractivity contribution in [1.82, 2.24) is 4.90 Å². The zero-order valence-corrected chi connectivity index (χ0v) is 14.8. The Morgan fingerprint density at radius 1 is 1.27 bits per heavy atom. The zero-order chi connectivity index (χ0) is 20.9. The third-order valence-electron chi connectivity index (χ3n) is 3.89. The van der Waals surface area contributed by atoms with Gasteiger partial charge in [-0.05, 0) is 18.8 Å². The molecule has 1 aliphatic heterocycles. The number of primary amides is 2. The van der Waals surface area contributed by atoms with Crippen molar-refractivity contribution >= 4 is 23.7 Å². The lowest BCUT2D eigenvalue weighted by atomic mass is 9.85. The fourth-order valence-electron chi connectivity index (χ4n) is 2.61. The first-order valence-electron chi connectivity index (χ1n) is 7.80. The maximum absolute atomic E-state index is 12.4. The van der Waals surface area contributed by atoms with Crippen molar-refractivity contribution in [3.05, 3.63) is 0 Å². The molecule has 1 fully saturated rings. The summed E-state index contributed by atoms with van der Waals surface area (Å²) in [6, 6.07) is -0.595. The lowest BCUT2D eigenvalue weighted by Gasteiger charge is -2.28. The van der Waals surface area contributed by atoms with Gasteiger partial charge in [0.05, 0.1) is 5.41 Å². The molecule has 1 rings (SSSR count). The molecule has 0 bridgehead atoms. The van der Waals surface area contributed by atoms with E-state index < -0.39 is 35.4 Å². The third kappa shape index (κ3) is 6.89. The highest BCUT2D eigenvalue weighted by molar-refractivity contribution is 5.93. The number of hydrogen-bond acceptors (Lipinski definition) is 4. The number of halogens is 3. The molecular weight excluding hydrogens is 359 g/mol. The predicted octanol–water partition coefficient (Wildman–Crippen LogP) is 0.634. The zero-order valence-electron chi connectivity index (χ0n) is 14.8. The number of carboxylic acid groups (broad SMARTS) is 1. The number of alkyl halides is 3. The monoisotopic (exact) mass is 383 g/mol. The molecular formula is C15H24F3N3O5. The van der Waals surface area contributed by atoms with Crippen molar-refractivity contribution in [3.63, 3.8) is 0 Å². The molecule has 2 unspecified atom stereocenters. The summed E-state index contributed by atoms with van der Waals surface area (Å²) in [5.74, 6) is -3.70. The Morgan fingerprint density at radius 2 is 1.73 bits per heavy atom. The quantitative estimate of drug-likeness (QED) is 0.616. The van der Waals surface area contributed by atoms with E-state index in [9.17, 15) is 27.6 Å². The SMILES string of the molecule is CC(C)CC(C(N)=O)N1CCC(C)(CC(N)=O)C1=O.O=C(O)C(F)(F)F. The second-order valence-electron chi connectivity index (χ2n) is 6.80. The second kappa shape index (κ2) is 8.86. The lowest BCUT2D eigenvalue weighted by molar-refractivity contribution is -0.192. The van der Waals surface area contributed by atoms with Crippen molar-refractivity contribution in [1.29, 1.82) is 0 Å². The molecule has 0 aromatic heterocycles. The van der Waals surface area contributed by atoms with E-state index in [1.165, 1.54) is 4.90 Å². The van der Waals surface area contributed by atoms with Gasteiger partial charge in [0.15, 0.2) is 0 Å². The van der Waals surface area contributed by atoms with Gasteiger partial charge in [-0.15, -0.1) is 0 Å². The number of amides is 3. The maximum atomic E-state index is 12.4. The standard InChI is InChI=1S/C13H23N3O3.C2HF3O2/c1-8(2)6-9(11(15)18)16-5-4-13(3,12(16)19)7-10(14)17;3-2(4,5)1(6)7/h8-9H,4-7H2,1-3H3,(H2,14,17)(H2,15,18);(H,6,7). The fourth-order valence-corrected chi connectivity index (χ4v) is 2.61. The maximum Gasteiger partial charge on any atom is 0.490 e. The van der Waals surface area contributed by atoms with Crippen LogP contribution < -0.4 is 11.5 Å². The minimum atomic E-state index is -5.08. The first-order chi connectivity index (χ1) is 11.6. The minimum Gasteiger partial charge on any atom is -0.475 e. The summed E-state index contributed by atoms with van der Waals surface area (Å²) < 4.78 is 31.7. The lowest BCUT2D eigenvalue weighted by Crippen LogP contribution is -2.48. The molecule has 3 amide bonds. The summed E-state index contributed by atoms with van der Waals surface area (Å²) in [5, 5.41) is 7.12. The molecule has 1 aliphatic rings. The topological polar surface area (TPSA) is 144 Å². The molecule has 8 nitrogen and oxygen atoms in total. The molecule has 0 saturated carbocycles. The van der Waals surface area contributed by atoms with E-state index in [1.807, 2.05) is 13.8 Å². The van der Waals surface area contributed by atoms with Gasteiger partial charge in [-0.1, -0.05) is 20.8 Å². The summed E-state index contributed by atoms with van der Waals surface area (Å²) in [4.78, 5) is 45.4. The minimum absolute atomic E-state index is 0.00942. The Kier molecular flexibility index (Phi) is 8.06. The number of likely N-dealkylation sites (tertiary alicyclic amines) is 1. The highest BCUT2D eigenvalue weighted by Crippen LogP contribution is 2.36. The Hall–Kier alpha value is -2.33. The van der Waals surface area contributed by atoms with E-state index in [0.29, 0.717) is 19.4 Å². The summed E-state index contributed by atoms with van der Waals surface area (Å²) in [6.07, 6.45) is -4.01. The summed E-state index contributed by atoms with van der Waals surface area (Å²) >= 11 is 0. The molecule has 0 aromatic rings. The summed E-state index contributed by atoms with van der Waals surface area (Å²) in [6.45, 7) is 6.11. The normalized spacial score (nSPS) is 21.2. The van der Waals surface area contributed by atoms with Crippen molar-refractivity contribution in [3.8, 4) is 0 Å². The van der Waals surface area contributed by atoms with E-state index in [1.54, 1.807) is 6.92 Å². The Labute approximate surface area is 148 Å². The average molecular weight is 383 g/mol. The molecule has 11 heteroatoms. The summed E-state index contributed by atoms with van der Waals surface area (Å²) in [5.41, 5.74) is 9.78. The average Bonchev–Trinajstić information content (AvgIpc) is 2.70. The molecule has 1 saturated heterocycles. The van der Waals surface area contributed by atoms with Crippen molar-refractivity contribution < 1.29 is 37.5 Å². The molecule has 0 aromatic carbocycles. The number of carboxylic acids is 1.